The molecule has 21 heavy (non-hydrogen) atoms. The van der Waals surface area contributed by atoms with Gasteiger partial charge >= 0.3 is 29.6 Å². The second-order valence-electron chi connectivity index (χ2n) is 4.48. The summed E-state index contributed by atoms with van der Waals surface area (Å²) in [6.07, 6.45) is 0.873. The summed E-state index contributed by atoms with van der Waals surface area (Å²) in [6, 6.07) is 30.2. The molecule has 0 saturated carbocycles. The van der Waals surface area contributed by atoms with Gasteiger partial charge in [0.25, 0.3) is 0 Å². The Kier molecular flexibility index (Phi) is 5.94. The maximum atomic E-state index is 6.10. The van der Waals surface area contributed by atoms with Crippen molar-refractivity contribution in [1.29, 1.82) is 0 Å². The summed E-state index contributed by atoms with van der Waals surface area (Å²) in [5, 5.41) is 0. The van der Waals surface area contributed by atoms with Crippen molar-refractivity contribution >= 4 is 0 Å². The molecule has 3 aromatic carbocycles. The molecule has 0 bridgehead atoms. The van der Waals surface area contributed by atoms with Gasteiger partial charge in [-0.15, -0.1) is 24.3 Å². The fourth-order valence-corrected chi connectivity index (χ4v) is 2.07. The van der Waals surface area contributed by atoms with Crippen LogP contribution in [0, 0.1) is 6.10 Å². The molecule has 0 aliphatic carbocycles. The maximum Gasteiger partial charge on any atom is 1.00 e. The van der Waals surface area contributed by atoms with E-state index in [4.69, 9.17) is 4.74 Å². The molecule has 3 rings (SSSR count). The molecule has 0 heterocycles. The van der Waals surface area contributed by atoms with Crippen molar-refractivity contribution < 1.29 is 34.3 Å². The van der Waals surface area contributed by atoms with E-state index in [0.29, 0.717) is 0 Å². The molecular weight excluding hydrogens is 267 g/mol. The van der Waals surface area contributed by atoms with Crippen molar-refractivity contribution in [1.82, 2.24) is 0 Å². The Balaban J connectivity index is 0.00000161. The summed E-state index contributed by atoms with van der Waals surface area (Å²) in [4.78, 5) is 0. The molecule has 3 aromatic rings. The van der Waals surface area contributed by atoms with Crippen LogP contribution in [-0.2, 0) is 0 Å². The molecule has 98 valence electrons. The Hall–Kier alpha value is -1.67. The van der Waals surface area contributed by atoms with Crippen molar-refractivity contribution in [2.75, 3.05) is 0 Å². The standard InChI is InChI=1S/C19H15O.Na/c1-4-10-16(11-5-1)19(17-12-6-2-7-13-17)20-18-14-8-3-9-15-18;/h1-15H;/q-1;+1. The first-order chi connectivity index (χ1) is 9.93. The molecule has 0 fully saturated rings. The molecule has 0 spiro atoms. The van der Waals surface area contributed by atoms with Gasteiger partial charge in [0, 0.05) is 0 Å². The van der Waals surface area contributed by atoms with Crippen LogP contribution >= 0.6 is 0 Å². The fraction of sp³-hybridized carbons (Fsp3) is 0. The van der Waals surface area contributed by atoms with Gasteiger partial charge in [0.1, 0.15) is 5.75 Å². The molecule has 0 atom stereocenters. The van der Waals surface area contributed by atoms with Crippen LogP contribution in [0.15, 0.2) is 91.0 Å². The second kappa shape index (κ2) is 7.94. The third-order valence-corrected chi connectivity index (χ3v) is 3.04. The maximum absolute atomic E-state index is 6.10. The van der Waals surface area contributed by atoms with Gasteiger partial charge in [-0.05, 0) is 12.1 Å². The Morgan fingerprint density at radius 2 is 0.905 bits per heavy atom. The number of hydrogen-bond donors (Lipinski definition) is 0. The fourth-order valence-electron chi connectivity index (χ4n) is 2.07. The van der Waals surface area contributed by atoms with Crippen molar-refractivity contribution in [3.8, 4) is 5.75 Å². The van der Waals surface area contributed by atoms with Gasteiger partial charge < -0.3 is 4.74 Å². The zero-order valence-electron chi connectivity index (χ0n) is 12.1. The molecule has 0 unspecified atom stereocenters. The Morgan fingerprint density at radius 3 is 1.33 bits per heavy atom. The molecule has 0 N–H and O–H groups in total. The molecule has 0 aliphatic rings. The second-order valence-corrected chi connectivity index (χ2v) is 4.48. The van der Waals surface area contributed by atoms with Crippen LogP contribution in [0.5, 0.6) is 5.75 Å². The van der Waals surface area contributed by atoms with Crippen LogP contribution < -0.4 is 34.3 Å². The van der Waals surface area contributed by atoms with Crippen LogP contribution in [0.4, 0.5) is 0 Å². The Labute approximate surface area is 147 Å². The first kappa shape index (κ1) is 15.7. The van der Waals surface area contributed by atoms with Gasteiger partial charge in [0.05, 0.1) is 6.10 Å². The van der Waals surface area contributed by atoms with E-state index in [1.165, 1.54) is 0 Å². The number of ether oxygens (including phenoxy) is 1. The van der Waals surface area contributed by atoms with E-state index in [1.54, 1.807) is 0 Å². The van der Waals surface area contributed by atoms with Crippen molar-refractivity contribution in [2.24, 2.45) is 0 Å². The predicted octanol–water partition coefficient (Wildman–Crippen LogP) is 1.70. The zero-order valence-corrected chi connectivity index (χ0v) is 14.1. The molecule has 0 radical (unpaired) electrons. The van der Waals surface area contributed by atoms with E-state index in [-0.39, 0.29) is 29.6 Å². The minimum absolute atomic E-state index is 0. The zero-order chi connectivity index (χ0) is 13.6. The van der Waals surface area contributed by atoms with Gasteiger partial charge in [0.2, 0.25) is 0 Å². The van der Waals surface area contributed by atoms with Crippen LogP contribution in [0.3, 0.4) is 0 Å². The van der Waals surface area contributed by atoms with Crippen LogP contribution in [0.1, 0.15) is 11.1 Å². The number of benzene rings is 3. The molecule has 0 amide bonds. The van der Waals surface area contributed by atoms with E-state index >= 15 is 0 Å². The molecule has 0 saturated heterocycles. The summed E-state index contributed by atoms with van der Waals surface area (Å²) >= 11 is 0. The number of para-hydroxylation sites is 1. The summed E-state index contributed by atoms with van der Waals surface area (Å²) < 4.78 is 6.10. The molecular formula is C19H15NaO. The van der Waals surface area contributed by atoms with E-state index < -0.39 is 0 Å². The molecule has 0 aromatic heterocycles. The van der Waals surface area contributed by atoms with E-state index in [2.05, 4.69) is 24.3 Å². The van der Waals surface area contributed by atoms with Crippen molar-refractivity contribution in [2.45, 2.75) is 0 Å². The largest absolute Gasteiger partial charge is 1.00 e. The Morgan fingerprint density at radius 1 is 0.524 bits per heavy atom. The molecule has 2 heteroatoms. The van der Waals surface area contributed by atoms with Gasteiger partial charge in [-0.3, -0.25) is 0 Å². The van der Waals surface area contributed by atoms with E-state index in [0.717, 1.165) is 23.0 Å². The van der Waals surface area contributed by atoms with Gasteiger partial charge in [-0.25, -0.2) is 0 Å². The quantitative estimate of drug-likeness (QED) is 0.523. The average molecular weight is 282 g/mol. The van der Waals surface area contributed by atoms with Gasteiger partial charge in [-0.1, -0.05) is 65.7 Å². The molecule has 0 aliphatic heterocycles. The topological polar surface area (TPSA) is 9.23 Å². The van der Waals surface area contributed by atoms with Crippen molar-refractivity contribution in [3.05, 3.63) is 108 Å². The third-order valence-electron chi connectivity index (χ3n) is 3.04. The van der Waals surface area contributed by atoms with Crippen LogP contribution in [0.25, 0.3) is 0 Å². The smallest absolute Gasteiger partial charge is 0.493 e. The summed E-state index contributed by atoms with van der Waals surface area (Å²) in [5.41, 5.74) is 2.14. The van der Waals surface area contributed by atoms with Gasteiger partial charge in [0.15, 0.2) is 0 Å². The summed E-state index contributed by atoms with van der Waals surface area (Å²) in [7, 11) is 0. The Bertz CT molecular complexity index is 599. The number of rotatable bonds is 4. The van der Waals surface area contributed by atoms with E-state index in [9.17, 15) is 0 Å². The first-order valence-electron chi connectivity index (χ1n) is 6.64. The van der Waals surface area contributed by atoms with Crippen molar-refractivity contribution in [3.63, 3.8) is 0 Å². The normalized spacial score (nSPS) is 9.52. The average Bonchev–Trinajstić information content (AvgIpc) is 2.55. The number of hydrogen-bond acceptors (Lipinski definition) is 1. The monoisotopic (exact) mass is 282 g/mol. The minimum atomic E-state index is 0. The first-order valence-corrected chi connectivity index (χ1v) is 6.64. The summed E-state index contributed by atoms with van der Waals surface area (Å²) in [6.45, 7) is 0. The summed E-state index contributed by atoms with van der Waals surface area (Å²) in [5.74, 6) is 0.843. The SMILES string of the molecule is [Na+].c1ccc(O[C-](c2ccccc2)c2ccccc2)cc1. The van der Waals surface area contributed by atoms with Crippen LogP contribution in [-0.4, -0.2) is 0 Å². The van der Waals surface area contributed by atoms with Crippen LogP contribution in [0.2, 0.25) is 0 Å². The molecule has 1 nitrogen and oxygen atoms in total. The van der Waals surface area contributed by atoms with E-state index in [1.807, 2.05) is 66.7 Å². The predicted molar refractivity (Wildman–Crippen MR) is 81.4 cm³/mol. The minimum Gasteiger partial charge on any atom is -0.493 e. The third kappa shape index (κ3) is 4.15. The van der Waals surface area contributed by atoms with Gasteiger partial charge in [-0.2, -0.15) is 0 Å².